The standard InChI is InChI=1S/C10H8N2O3/c11-5-4-10(15)8-6(12-9(10)14)2-1-3-7(8)13/h1-3,13,15H,4H2,(H,12,14). The number of phenolic OH excluding ortho intramolecular Hbond substituents is 1. The molecule has 0 aliphatic carbocycles. The van der Waals surface area contributed by atoms with Crippen LogP contribution in [-0.2, 0) is 10.4 Å². The van der Waals surface area contributed by atoms with E-state index in [1.165, 1.54) is 6.07 Å². The van der Waals surface area contributed by atoms with Crippen LogP contribution in [0, 0.1) is 11.3 Å². The van der Waals surface area contributed by atoms with Crippen LogP contribution in [0.15, 0.2) is 18.2 Å². The first-order valence-corrected chi connectivity index (χ1v) is 4.33. The summed E-state index contributed by atoms with van der Waals surface area (Å²) < 4.78 is 0. The quantitative estimate of drug-likeness (QED) is 0.619. The average molecular weight is 204 g/mol. The van der Waals surface area contributed by atoms with Crippen LogP contribution in [0.5, 0.6) is 5.75 Å². The minimum Gasteiger partial charge on any atom is -0.507 e. The monoisotopic (exact) mass is 204 g/mol. The van der Waals surface area contributed by atoms with E-state index in [0.29, 0.717) is 5.69 Å². The number of rotatable bonds is 1. The Kier molecular flexibility index (Phi) is 1.88. The minimum atomic E-state index is -1.94. The van der Waals surface area contributed by atoms with E-state index < -0.39 is 11.5 Å². The molecule has 1 atom stereocenters. The van der Waals surface area contributed by atoms with E-state index in [9.17, 15) is 15.0 Å². The number of nitrogens with zero attached hydrogens (tertiary/aromatic N) is 1. The third-order valence-corrected chi connectivity index (χ3v) is 2.41. The van der Waals surface area contributed by atoms with Crippen molar-refractivity contribution in [1.29, 1.82) is 5.26 Å². The van der Waals surface area contributed by atoms with Crippen molar-refractivity contribution in [2.45, 2.75) is 12.0 Å². The van der Waals surface area contributed by atoms with Crippen molar-refractivity contribution < 1.29 is 15.0 Å². The maximum absolute atomic E-state index is 11.5. The van der Waals surface area contributed by atoms with Gasteiger partial charge in [0.05, 0.1) is 23.7 Å². The van der Waals surface area contributed by atoms with E-state index in [-0.39, 0.29) is 17.7 Å². The smallest absolute Gasteiger partial charge is 0.262 e. The van der Waals surface area contributed by atoms with Crippen LogP contribution in [0.2, 0.25) is 0 Å². The molecule has 0 spiro atoms. The molecule has 3 N–H and O–H groups in total. The van der Waals surface area contributed by atoms with E-state index in [4.69, 9.17) is 5.26 Å². The first-order chi connectivity index (χ1) is 7.09. The van der Waals surface area contributed by atoms with E-state index in [1.54, 1.807) is 18.2 Å². The van der Waals surface area contributed by atoms with Crippen molar-refractivity contribution >= 4 is 11.6 Å². The fourth-order valence-corrected chi connectivity index (χ4v) is 1.70. The lowest BCUT2D eigenvalue weighted by Crippen LogP contribution is -2.33. The molecule has 1 aromatic rings. The Balaban J connectivity index is 2.64. The Morgan fingerprint density at radius 2 is 2.27 bits per heavy atom. The van der Waals surface area contributed by atoms with Gasteiger partial charge >= 0.3 is 0 Å². The highest BCUT2D eigenvalue weighted by Crippen LogP contribution is 2.43. The molecule has 2 rings (SSSR count). The van der Waals surface area contributed by atoms with Gasteiger partial charge in [-0.1, -0.05) is 6.07 Å². The van der Waals surface area contributed by atoms with Gasteiger partial charge in [0.25, 0.3) is 5.91 Å². The fraction of sp³-hybridized carbons (Fsp3) is 0.200. The first-order valence-electron chi connectivity index (χ1n) is 4.33. The van der Waals surface area contributed by atoms with Crippen LogP contribution in [0.1, 0.15) is 12.0 Å². The number of carbonyl (C=O) groups excluding carboxylic acids is 1. The van der Waals surface area contributed by atoms with Crippen molar-refractivity contribution in [3.8, 4) is 11.8 Å². The molecular formula is C10H8N2O3. The van der Waals surface area contributed by atoms with E-state index in [1.807, 2.05) is 0 Å². The Hall–Kier alpha value is -2.06. The lowest BCUT2D eigenvalue weighted by molar-refractivity contribution is -0.133. The summed E-state index contributed by atoms with van der Waals surface area (Å²) in [6.07, 6.45) is -0.386. The summed E-state index contributed by atoms with van der Waals surface area (Å²) in [6.45, 7) is 0. The summed E-state index contributed by atoms with van der Waals surface area (Å²) in [5.41, 5.74) is -1.51. The lowest BCUT2D eigenvalue weighted by atomic mass is 9.92. The number of nitriles is 1. The fourth-order valence-electron chi connectivity index (χ4n) is 1.70. The van der Waals surface area contributed by atoms with Crippen molar-refractivity contribution in [1.82, 2.24) is 0 Å². The van der Waals surface area contributed by atoms with Crippen LogP contribution in [0.25, 0.3) is 0 Å². The molecule has 0 saturated carbocycles. The van der Waals surface area contributed by atoms with Crippen molar-refractivity contribution in [2.75, 3.05) is 5.32 Å². The molecule has 0 saturated heterocycles. The van der Waals surface area contributed by atoms with E-state index in [2.05, 4.69) is 5.32 Å². The molecule has 1 amide bonds. The predicted molar refractivity (Wildman–Crippen MR) is 50.9 cm³/mol. The average Bonchev–Trinajstić information content (AvgIpc) is 2.41. The second-order valence-electron chi connectivity index (χ2n) is 3.35. The van der Waals surface area contributed by atoms with Crippen LogP contribution >= 0.6 is 0 Å². The Labute approximate surface area is 85.6 Å². The molecule has 5 nitrogen and oxygen atoms in total. The Bertz CT molecular complexity index is 478. The molecule has 1 aliphatic rings. The summed E-state index contributed by atoms with van der Waals surface area (Å²) in [7, 11) is 0. The summed E-state index contributed by atoms with van der Waals surface area (Å²) >= 11 is 0. The molecule has 0 fully saturated rings. The second kappa shape index (κ2) is 2.97. The van der Waals surface area contributed by atoms with Gasteiger partial charge in [0.1, 0.15) is 5.75 Å². The molecule has 0 aromatic heterocycles. The van der Waals surface area contributed by atoms with Gasteiger partial charge in [-0.25, -0.2) is 0 Å². The molecule has 76 valence electrons. The highest BCUT2D eigenvalue weighted by atomic mass is 16.3. The van der Waals surface area contributed by atoms with Crippen LogP contribution in [0.3, 0.4) is 0 Å². The summed E-state index contributed by atoms with van der Waals surface area (Å²) in [4.78, 5) is 11.5. The molecule has 15 heavy (non-hydrogen) atoms. The van der Waals surface area contributed by atoms with Crippen molar-refractivity contribution in [2.24, 2.45) is 0 Å². The van der Waals surface area contributed by atoms with Gasteiger partial charge in [-0.15, -0.1) is 0 Å². The number of carbonyl (C=O) groups is 1. The molecule has 1 heterocycles. The van der Waals surface area contributed by atoms with Gasteiger partial charge in [0, 0.05) is 0 Å². The number of phenols is 1. The van der Waals surface area contributed by atoms with Gasteiger partial charge < -0.3 is 15.5 Å². The Morgan fingerprint density at radius 3 is 2.93 bits per heavy atom. The third-order valence-electron chi connectivity index (χ3n) is 2.41. The predicted octanol–water partition coefficient (Wildman–Crippen LogP) is 0.446. The van der Waals surface area contributed by atoms with Gasteiger partial charge in [0.2, 0.25) is 0 Å². The SMILES string of the molecule is N#CCC1(O)C(=O)Nc2cccc(O)c21. The summed E-state index contributed by atoms with van der Waals surface area (Å²) in [6, 6.07) is 6.20. The van der Waals surface area contributed by atoms with Crippen molar-refractivity contribution in [3.63, 3.8) is 0 Å². The molecule has 1 unspecified atom stereocenters. The van der Waals surface area contributed by atoms with Crippen LogP contribution < -0.4 is 5.32 Å². The number of aliphatic hydroxyl groups is 1. The van der Waals surface area contributed by atoms with Crippen LogP contribution in [0.4, 0.5) is 5.69 Å². The maximum atomic E-state index is 11.5. The number of benzene rings is 1. The molecule has 1 aromatic carbocycles. The van der Waals surface area contributed by atoms with E-state index >= 15 is 0 Å². The normalized spacial score (nSPS) is 23.1. The van der Waals surface area contributed by atoms with Gasteiger partial charge in [-0.05, 0) is 12.1 Å². The zero-order chi connectivity index (χ0) is 11.1. The molecule has 1 aliphatic heterocycles. The third kappa shape index (κ3) is 1.16. The molecule has 5 heteroatoms. The maximum Gasteiger partial charge on any atom is 0.262 e. The number of aromatic hydroxyl groups is 1. The number of nitrogens with one attached hydrogen (secondary N) is 1. The summed E-state index contributed by atoms with van der Waals surface area (Å²) in [5.74, 6) is -0.871. The zero-order valence-electron chi connectivity index (χ0n) is 7.69. The largest absolute Gasteiger partial charge is 0.507 e. The first kappa shape index (κ1) is 9.49. The van der Waals surface area contributed by atoms with Gasteiger partial charge in [0.15, 0.2) is 5.60 Å². The van der Waals surface area contributed by atoms with Gasteiger partial charge in [-0.3, -0.25) is 4.79 Å². The zero-order valence-corrected chi connectivity index (χ0v) is 7.69. The highest BCUT2D eigenvalue weighted by molar-refractivity contribution is 6.05. The summed E-state index contributed by atoms with van der Waals surface area (Å²) in [5, 5.41) is 30.5. The second-order valence-corrected chi connectivity index (χ2v) is 3.35. The number of anilines is 1. The highest BCUT2D eigenvalue weighted by Gasteiger charge is 2.47. The number of hydrogen-bond acceptors (Lipinski definition) is 4. The molecular weight excluding hydrogens is 196 g/mol. The molecule has 0 radical (unpaired) electrons. The molecule has 0 bridgehead atoms. The Morgan fingerprint density at radius 1 is 1.53 bits per heavy atom. The number of hydrogen-bond donors (Lipinski definition) is 3. The topological polar surface area (TPSA) is 93.3 Å². The van der Waals surface area contributed by atoms with E-state index in [0.717, 1.165) is 0 Å². The lowest BCUT2D eigenvalue weighted by Gasteiger charge is -2.17. The van der Waals surface area contributed by atoms with Gasteiger partial charge in [-0.2, -0.15) is 5.26 Å². The van der Waals surface area contributed by atoms with Crippen LogP contribution in [-0.4, -0.2) is 16.1 Å². The van der Waals surface area contributed by atoms with Crippen molar-refractivity contribution in [3.05, 3.63) is 23.8 Å². The number of fused-ring (bicyclic) bond motifs is 1. The number of amides is 1. The minimum absolute atomic E-state index is 0.0801.